The SMILES string of the molecule is O=C(Nc1ncc(CCNc2ncnc3ccsc23)s1)Nc1cc(Br)cc2cc[nH]c12. The molecule has 4 N–H and O–H groups in total. The van der Waals surface area contributed by atoms with Gasteiger partial charge in [0, 0.05) is 40.1 Å². The summed E-state index contributed by atoms with van der Waals surface area (Å²) < 4.78 is 1.94. The maximum absolute atomic E-state index is 12.5. The number of carbonyl (C=O) groups excluding carboxylic acids is 1. The van der Waals surface area contributed by atoms with Crippen molar-refractivity contribution in [1.82, 2.24) is 19.9 Å². The smallest absolute Gasteiger partial charge is 0.325 e. The van der Waals surface area contributed by atoms with E-state index in [1.54, 1.807) is 23.9 Å². The number of nitrogens with zero attached hydrogens (tertiary/aromatic N) is 3. The molecule has 11 heteroatoms. The Morgan fingerprint density at radius 1 is 1.16 bits per heavy atom. The Bertz CT molecular complexity index is 1380. The molecule has 0 atom stereocenters. The van der Waals surface area contributed by atoms with Gasteiger partial charge in [-0.25, -0.2) is 19.7 Å². The Morgan fingerprint density at radius 2 is 2.10 bits per heavy atom. The van der Waals surface area contributed by atoms with Crippen molar-refractivity contribution < 1.29 is 4.79 Å². The minimum absolute atomic E-state index is 0.339. The highest BCUT2D eigenvalue weighted by Gasteiger charge is 2.11. The molecule has 0 unspecified atom stereocenters. The average Bonchev–Trinajstić information content (AvgIpc) is 3.48. The molecule has 0 radical (unpaired) electrons. The van der Waals surface area contributed by atoms with Gasteiger partial charge >= 0.3 is 6.03 Å². The van der Waals surface area contributed by atoms with Crippen molar-refractivity contribution in [3.05, 3.63) is 57.7 Å². The van der Waals surface area contributed by atoms with Gasteiger partial charge in [-0.1, -0.05) is 15.9 Å². The molecule has 31 heavy (non-hydrogen) atoms. The number of H-pyrrole nitrogens is 1. The van der Waals surface area contributed by atoms with Crippen molar-refractivity contribution >= 4 is 82.4 Å². The van der Waals surface area contributed by atoms with Gasteiger partial charge in [0.1, 0.15) is 12.1 Å². The van der Waals surface area contributed by atoms with Gasteiger partial charge in [-0.15, -0.1) is 22.7 Å². The van der Waals surface area contributed by atoms with E-state index in [2.05, 4.69) is 51.8 Å². The number of halogens is 1. The van der Waals surface area contributed by atoms with Gasteiger partial charge in [0.2, 0.25) is 0 Å². The molecule has 0 saturated heterocycles. The zero-order valence-electron chi connectivity index (χ0n) is 16.0. The first-order valence-electron chi connectivity index (χ1n) is 9.37. The molecule has 1 aromatic carbocycles. The van der Waals surface area contributed by atoms with Crippen molar-refractivity contribution in [3.63, 3.8) is 0 Å². The average molecular weight is 514 g/mol. The van der Waals surface area contributed by atoms with Gasteiger partial charge in [-0.3, -0.25) is 5.32 Å². The van der Waals surface area contributed by atoms with Crippen molar-refractivity contribution in [1.29, 1.82) is 0 Å². The minimum Gasteiger partial charge on any atom is -0.368 e. The van der Waals surface area contributed by atoms with Crippen LogP contribution in [-0.2, 0) is 6.42 Å². The summed E-state index contributed by atoms with van der Waals surface area (Å²) in [4.78, 5) is 29.5. The van der Waals surface area contributed by atoms with Crippen molar-refractivity contribution in [2.24, 2.45) is 0 Å². The van der Waals surface area contributed by atoms with Gasteiger partial charge in [-0.05, 0) is 29.6 Å². The molecule has 156 valence electrons. The van der Waals surface area contributed by atoms with E-state index in [4.69, 9.17) is 0 Å². The summed E-state index contributed by atoms with van der Waals surface area (Å²) >= 11 is 6.54. The molecule has 5 aromatic rings. The summed E-state index contributed by atoms with van der Waals surface area (Å²) in [6.45, 7) is 0.709. The van der Waals surface area contributed by atoms with E-state index in [9.17, 15) is 4.79 Å². The molecule has 0 aliphatic heterocycles. The molecule has 0 spiro atoms. The summed E-state index contributed by atoms with van der Waals surface area (Å²) in [5, 5.41) is 12.6. The van der Waals surface area contributed by atoms with E-state index >= 15 is 0 Å². The van der Waals surface area contributed by atoms with Crippen molar-refractivity contribution in [2.45, 2.75) is 6.42 Å². The van der Waals surface area contributed by atoms with Crippen LogP contribution in [0.5, 0.6) is 0 Å². The Balaban J connectivity index is 1.18. The summed E-state index contributed by atoms with van der Waals surface area (Å²) in [5.41, 5.74) is 2.51. The van der Waals surface area contributed by atoms with E-state index in [1.807, 2.05) is 35.8 Å². The van der Waals surface area contributed by atoms with Gasteiger partial charge < -0.3 is 15.6 Å². The Hall–Kier alpha value is -3.02. The van der Waals surface area contributed by atoms with E-state index in [0.29, 0.717) is 17.4 Å². The molecule has 2 amide bonds. The third-order valence-corrected chi connectivity index (χ3v) is 6.89. The second-order valence-electron chi connectivity index (χ2n) is 6.64. The molecule has 0 saturated carbocycles. The number of hydrogen-bond acceptors (Lipinski definition) is 7. The summed E-state index contributed by atoms with van der Waals surface area (Å²) in [5.74, 6) is 0.840. The number of amides is 2. The molecular weight excluding hydrogens is 498 g/mol. The predicted octanol–water partition coefficient (Wildman–Crippen LogP) is 5.69. The van der Waals surface area contributed by atoms with E-state index < -0.39 is 0 Å². The summed E-state index contributed by atoms with van der Waals surface area (Å²) in [7, 11) is 0. The highest BCUT2D eigenvalue weighted by atomic mass is 79.9. The van der Waals surface area contributed by atoms with Crippen LogP contribution < -0.4 is 16.0 Å². The fraction of sp³-hybridized carbons (Fsp3) is 0.100. The van der Waals surface area contributed by atoms with Crippen LogP contribution in [0.3, 0.4) is 0 Å². The molecule has 0 aliphatic rings. The topological polar surface area (TPSA) is 108 Å². The van der Waals surface area contributed by atoms with Gasteiger partial charge in [-0.2, -0.15) is 0 Å². The highest BCUT2D eigenvalue weighted by Crippen LogP contribution is 2.28. The lowest BCUT2D eigenvalue weighted by Gasteiger charge is -2.07. The Morgan fingerprint density at radius 3 is 3.03 bits per heavy atom. The number of benzene rings is 1. The number of rotatable bonds is 6. The molecular formula is C20H16BrN7OS2. The number of nitrogens with one attached hydrogen (secondary N) is 4. The van der Waals surface area contributed by atoms with Gasteiger partial charge in [0.15, 0.2) is 5.13 Å². The standard InChI is InChI=1S/C20H16BrN7OS2/c21-12-7-11-1-4-22-16(11)15(8-12)27-19(29)28-20-24-9-13(31-20)2-5-23-18-17-14(3-6-30-17)25-10-26-18/h1,3-4,6-10,22H,2,5H2,(H,23,25,26)(H2,24,27,28,29). The van der Waals surface area contributed by atoms with Crippen LogP contribution in [0.15, 0.2) is 52.8 Å². The summed E-state index contributed by atoms with van der Waals surface area (Å²) in [6, 6.07) is 7.44. The number of urea groups is 1. The van der Waals surface area contributed by atoms with Crippen LogP contribution in [-0.4, -0.2) is 32.5 Å². The van der Waals surface area contributed by atoms with Crippen LogP contribution in [0.2, 0.25) is 0 Å². The van der Waals surface area contributed by atoms with E-state index in [-0.39, 0.29) is 6.03 Å². The first-order valence-corrected chi connectivity index (χ1v) is 11.9. The fourth-order valence-corrected chi connectivity index (χ4v) is 5.28. The lowest BCUT2D eigenvalue weighted by molar-refractivity contribution is 0.262. The first kappa shape index (κ1) is 19.9. The minimum atomic E-state index is -0.339. The number of aromatic amines is 1. The van der Waals surface area contributed by atoms with Crippen LogP contribution in [0.1, 0.15) is 4.88 Å². The number of thiophene rings is 1. The number of thiazole rings is 1. The number of hydrogen-bond donors (Lipinski definition) is 4. The fourth-order valence-electron chi connectivity index (χ4n) is 3.18. The van der Waals surface area contributed by atoms with E-state index in [0.717, 1.165) is 42.7 Å². The molecule has 4 aromatic heterocycles. The number of carbonyl (C=O) groups is 1. The Labute approximate surface area is 193 Å². The maximum Gasteiger partial charge on any atom is 0.325 e. The van der Waals surface area contributed by atoms with Gasteiger partial charge in [0.25, 0.3) is 0 Å². The molecule has 4 heterocycles. The molecule has 0 bridgehead atoms. The second-order valence-corrected chi connectivity index (χ2v) is 9.59. The largest absolute Gasteiger partial charge is 0.368 e. The normalized spacial score (nSPS) is 11.1. The third-order valence-electron chi connectivity index (χ3n) is 4.55. The predicted molar refractivity (Wildman–Crippen MR) is 130 cm³/mol. The molecule has 5 rings (SSSR count). The lowest BCUT2D eigenvalue weighted by atomic mass is 10.2. The number of aromatic nitrogens is 4. The first-order chi connectivity index (χ1) is 15.2. The van der Waals surface area contributed by atoms with Crippen LogP contribution >= 0.6 is 38.6 Å². The Kier molecular flexibility index (Phi) is 5.53. The lowest BCUT2D eigenvalue weighted by Crippen LogP contribution is -2.19. The van der Waals surface area contributed by atoms with Crippen LogP contribution in [0.25, 0.3) is 21.1 Å². The highest BCUT2D eigenvalue weighted by molar-refractivity contribution is 9.10. The van der Waals surface area contributed by atoms with Crippen molar-refractivity contribution in [3.8, 4) is 0 Å². The zero-order valence-corrected chi connectivity index (χ0v) is 19.2. The van der Waals surface area contributed by atoms with Crippen LogP contribution in [0, 0.1) is 0 Å². The molecule has 8 nitrogen and oxygen atoms in total. The van der Waals surface area contributed by atoms with Crippen LogP contribution in [0.4, 0.5) is 21.4 Å². The third kappa shape index (κ3) is 4.38. The van der Waals surface area contributed by atoms with Gasteiger partial charge in [0.05, 0.1) is 21.4 Å². The maximum atomic E-state index is 12.5. The quantitative estimate of drug-likeness (QED) is 0.233. The molecule has 0 fully saturated rings. The monoisotopic (exact) mass is 513 g/mol. The number of fused-ring (bicyclic) bond motifs is 2. The second kappa shape index (κ2) is 8.61. The van der Waals surface area contributed by atoms with Crippen molar-refractivity contribution in [2.75, 3.05) is 22.5 Å². The zero-order chi connectivity index (χ0) is 21.2. The number of anilines is 3. The summed E-state index contributed by atoms with van der Waals surface area (Å²) in [6.07, 6.45) is 5.96. The molecule has 0 aliphatic carbocycles. The van der Waals surface area contributed by atoms with E-state index in [1.165, 1.54) is 11.3 Å².